The summed E-state index contributed by atoms with van der Waals surface area (Å²) < 4.78 is 9.30. The van der Waals surface area contributed by atoms with Gasteiger partial charge in [0, 0.05) is 34.1 Å². The molecule has 33 heavy (non-hydrogen) atoms. The van der Waals surface area contributed by atoms with Crippen molar-refractivity contribution in [2.75, 3.05) is 0 Å². The number of fused-ring (bicyclic) bond motifs is 1. The summed E-state index contributed by atoms with van der Waals surface area (Å²) in [6.07, 6.45) is 4.66. The Bertz CT molecular complexity index is 1430. The quantitative estimate of drug-likeness (QED) is 0.386. The lowest BCUT2D eigenvalue weighted by Gasteiger charge is -2.35. The molecule has 166 valence electrons. The summed E-state index contributed by atoms with van der Waals surface area (Å²) in [4.78, 5) is 12.8. The monoisotopic (exact) mass is 458 g/mol. The van der Waals surface area contributed by atoms with Crippen LogP contribution in [-0.4, -0.2) is 14.3 Å². The molecule has 1 fully saturated rings. The molecule has 2 heterocycles. The molecule has 0 N–H and O–H groups in total. The van der Waals surface area contributed by atoms with E-state index < -0.39 is 0 Å². The Kier molecular flexibility index (Phi) is 5.43. The van der Waals surface area contributed by atoms with Gasteiger partial charge in [-0.1, -0.05) is 30.2 Å². The van der Waals surface area contributed by atoms with Gasteiger partial charge >= 0.3 is 0 Å². The van der Waals surface area contributed by atoms with Crippen LogP contribution in [0.5, 0.6) is 5.75 Å². The lowest BCUT2D eigenvalue weighted by molar-refractivity contribution is 0.173. The molecule has 7 heteroatoms. The third-order valence-corrected chi connectivity index (χ3v) is 6.73. The molecule has 0 spiro atoms. The molecular weight excluding hydrogens is 436 g/mol. The van der Waals surface area contributed by atoms with Crippen molar-refractivity contribution in [3.05, 3.63) is 87.4 Å². The fourth-order valence-corrected chi connectivity index (χ4v) is 4.38. The van der Waals surface area contributed by atoms with Gasteiger partial charge in [0.15, 0.2) is 0 Å². The van der Waals surface area contributed by atoms with Gasteiger partial charge in [-0.2, -0.15) is 10.4 Å². The van der Waals surface area contributed by atoms with Gasteiger partial charge in [0.25, 0.3) is 5.56 Å². The minimum atomic E-state index is -0.297. The summed E-state index contributed by atoms with van der Waals surface area (Å²) in [5.74, 6) is 0.513. The molecule has 5 rings (SSSR count). The third kappa shape index (κ3) is 4.12. The predicted octanol–water partition coefficient (Wildman–Crippen LogP) is 5.42. The number of nitrogens with zero attached hydrogens (tertiary/aromatic N) is 4. The second-order valence-electron chi connectivity index (χ2n) is 8.68. The zero-order chi connectivity index (χ0) is 23.0. The van der Waals surface area contributed by atoms with Crippen molar-refractivity contribution in [2.45, 2.75) is 39.3 Å². The maximum atomic E-state index is 12.8. The first-order chi connectivity index (χ1) is 16.0. The zero-order valence-electron chi connectivity index (χ0n) is 18.3. The summed E-state index contributed by atoms with van der Waals surface area (Å²) in [5.41, 5.74) is 3.13. The largest absolute Gasteiger partial charge is 0.489 e. The van der Waals surface area contributed by atoms with E-state index in [1.54, 1.807) is 16.8 Å². The number of benzene rings is 2. The van der Waals surface area contributed by atoms with Gasteiger partial charge < -0.3 is 4.74 Å². The van der Waals surface area contributed by atoms with E-state index in [1.807, 2.05) is 54.1 Å². The van der Waals surface area contributed by atoms with E-state index in [9.17, 15) is 10.1 Å². The van der Waals surface area contributed by atoms with Crippen LogP contribution in [0.4, 0.5) is 0 Å². The molecule has 0 saturated heterocycles. The van der Waals surface area contributed by atoms with Gasteiger partial charge in [-0.05, 0) is 61.7 Å². The number of pyridine rings is 1. The normalized spacial score (nSPS) is 14.6. The van der Waals surface area contributed by atoms with Crippen molar-refractivity contribution >= 4 is 22.5 Å². The smallest absolute Gasteiger partial charge is 0.258 e. The van der Waals surface area contributed by atoms with E-state index in [-0.39, 0.29) is 11.0 Å². The summed E-state index contributed by atoms with van der Waals surface area (Å²) in [6, 6.07) is 18.9. The number of rotatable bonds is 6. The van der Waals surface area contributed by atoms with Gasteiger partial charge in [-0.15, -0.1) is 0 Å². The second kappa shape index (κ2) is 8.42. The Morgan fingerprint density at radius 3 is 2.61 bits per heavy atom. The first kappa shape index (κ1) is 21.3. The molecule has 2 aromatic carbocycles. The molecule has 0 aliphatic heterocycles. The standard InChI is InChI=1S/C26H23ClN4O2/c1-18-23-13-21(7-8-24(23)29-31(18)17-26(16-28)10-2-11-26)30-12-9-22(14-25(30)32)33-15-19-3-5-20(27)6-4-19/h3-9,12-14H,2,10-11,15,17H2,1H3. The SMILES string of the molecule is Cc1c2cc(-n3ccc(OCc4ccc(Cl)cc4)cc3=O)ccc2nn1CC1(C#N)CCC1. The summed E-state index contributed by atoms with van der Waals surface area (Å²) in [5, 5.41) is 15.9. The average Bonchev–Trinajstić information content (AvgIpc) is 3.10. The lowest BCUT2D eigenvalue weighted by atomic mass is 9.70. The number of hydrogen-bond donors (Lipinski definition) is 0. The minimum Gasteiger partial charge on any atom is -0.489 e. The van der Waals surface area contributed by atoms with Gasteiger partial charge in [0.1, 0.15) is 12.4 Å². The molecule has 2 aromatic heterocycles. The van der Waals surface area contributed by atoms with Crippen LogP contribution in [0.1, 0.15) is 30.5 Å². The van der Waals surface area contributed by atoms with Gasteiger partial charge in [-0.25, -0.2) is 0 Å². The van der Waals surface area contributed by atoms with Crippen LogP contribution in [0.2, 0.25) is 5.02 Å². The molecule has 0 amide bonds. The van der Waals surface area contributed by atoms with E-state index in [4.69, 9.17) is 21.4 Å². The number of ether oxygens (including phenoxy) is 1. The fourth-order valence-electron chi connectivity index (χ4n) is 4.26. The van der Waals surface area contributed by atoms with Crippen molar-refractivity contribution in [3.63, 3.8) is 0 Å². The number of aryl methyl sites for hydroxylation is 1. The van der Waals surface area contributed by atoms with Crippen LogP contribution in [0.15, 0.2) is 65.6 Å². The Morgan fingerprint density at radius 2 is 1.94 bits per heavy atom. The van der Waals surface area contributed by atoms with Crippen LogP contribution >= 0.6 is 11.6 Å². The van der Waals surface area contributed by atoms with Gasteiger partial charge in [0.05, 0.1) is 23.5 Å². The van der Waals surface area contributed by atoms with E-state index in [1.165, 1.54) is 6.07 Å². The molecule has 0 radical (unpaired) electrons. The van der Waals surface area contributed by atoms with Crippen molar-refractivity contribution in [1.82, 2.24) is 14.3 Å². The van der Waals surface area contributed by atoms with E-state index in [2.05, 4.69) is 6.07 Å². The topological polar surface area (TPSA) is 72.8 Å². The number of halogens is 1. The van der Waals surface area contributed by atoms with Crippen molar-refractivity contribution < 1.29 is 4.74 Å². The fraction of sp³-hybridized carbons (Fsp3) is 0.269. The third-order valence-electron chi connectivity index (χ3n) is 6.47. The van der Waals surface area contributed by atoms with Gasteiger partial charge in [-0.3, -0.25) is 14.0 Å². The molecule has 1 aliphatic rings. The molecule has 0 unspecified atom stereocenters. The number of nitriles is 1. The van der Waals surface area contributed by atoms with Crippen molar-refractivity contribution in [3.8, 4) is 17.5 Å². The summed E-state index contributed by atoms with van der Waals surface area (Å²) in [6.45, 7) is 2.98. The van der Waals surface area contributed by atoms with Crippen molar-refractivity contribution in [1.29, 1.82) is 5.26 Å². The van der Waals surface area contributed by atoms with Crippen LogP contribution in [0, 0.1) is 23.7 Å². The maximum Gasteiger partial charge on any atom is 0.258 e. The second-order valence-corrected chi connectivity index (χ2v) is 9.11. The molecule has 0 bridgehead atoms. The Balaban J connectivity index is 1.38. The van der Waals surface area contributed by atoms with Crippen LogP contribution in [0.3, 0.4) is 0 Å². The molecular formula is C26H23ClN4O2. The Morgan fingerprint density at radius 1 is 1.15 bits per heavy atom. The van der Waals surface area contributed by atoms with Gasteiger partial charge in [0.2, 0.25) is 0 Å². The zero-order valence-corrected chi connectivity index (χ0v) is 19.0. The highest BCUT2D eigenvalue weighted by Crippen LogP contribution is 2.42. The molecule has 4 aromatic rings. The van der Waals surface area contributed by atoms with Crippen LogP contribution < -0.4 is 10.3 Å². The minimum absolute atomic E-state index is 0.175. The number of aromatic nitrogens is 3. The first-order valence-electron chi connectivity index (χ1n) is 11.0. The number of hydrogen-bond acceptors (Lipinski definition) is 4. The van der Waals surface area contributed by atoms with E-state index in [0.717, 1.165) is 47.1 Å². The highest BCUT2D eigenvalue weighted by molar-refractivity contribution is 6.30. The highest BCUT2D eigenvalue weighted by Gasteiger charge is 2.38. The van der Waals surface area contributed by atoms with Crippen LogP contribution in [0.25, 0.3) is 16.6 Å². The van der Waals surface area contributed by atoms with E-state index in [0.29, 0.717) is 23.9 Å². The van der Waals surface area contributed by atoms with E-state index >= 15 is 0 Å². The maximum absolute atomic E-state index is 12.8. The summed E-state index contributed by atoms with van der Waals surface area (Å²) in [7, 11) is 0. The molecule has 0 atom stereocenters. The first-order valence-corrected chi connectivity index (χ1v) is 11.3. The lowest BCUT2D eigenvalue weighted by Crippen LogP contribution is -2.33. The molecule has 6 nitrogen and oxygen atoms in total. The molecule has 1 saturated carbocycles. The Labute approximate surface area is 196 Å². The predicted molar refractivity (Wildman–Crippen MR) is 128 cm³/mol. The Hall–Kier alpha value is -3.56. The highest BCUT2D eigenvalue weighted by atomic mass is 35.5. The average molecular weight is 459 g/mol. The van der Waals surface area contributed by atoms with Crippen LogP contribution in [-0.2, 0) is 13.2 Å². The summed E-state index contributed by atoms with van der Waals surface area (Å²) >= 11 is 5.91. The molecule has 1 aliphatic carbocycles. The van der Waals surface area contributed by atoms with Crippen molar-refractivity contribution in [2.24, 2.45) is 5.41 Å².